The van der Waals surface area contributed by atoms with E-state index in [2.05, 4.69) is 9.98 Å². The number of aromatic nitrogens is 1. The van der Waals surface area contributed by atoms with Crippen molar-refractivity contribution in [2.75, 3.05) is 18.8 Å². The van der Waals surface area contributed by atoms with E-state index in [1.54, 1.807) is 0 Å². The van der Waals surface area contributed by atoms with Gasteiger partial charge in [-0.25, -0.2) is 4.98 Å². The minimum absolute atomic E-state index is 0.00508. The Hall–Kier alpha value is -3.01. The van der Waals surface area contributed by atoms with Crippen molar-refractivity contribution in [1.29, 1.82) is 0 Å². The molecule has 0 aliphatic rings. The maximum absolute atomic E-state index is 12.6. The van der Waals surface area contributed by atoms with Gasteiger partial charge in [-0.3, -0.25) is 19.4 Å². The highest BCUT2D eigenvalue weighted by molar-refractivity contribution is 6.10. The molecule has 0 aliphatic heterocycles. The lowest BCUT2D eigenvalue weighted by atomic mass is 9.92. The van der Waals surface area contributed by atoms with Crippen LogP contribution in [0.5, 0.6) is 0 Å². The number of guanidine groups is 1. The molecule has 0 radical (unpaired) electrons. The lowest BCUT2D eigenvalue weighted by Crippen LogP contribution is -2.23. The standard InChI is InChI=1S/C17H26N6O4/c18-8-13(25)15-10(5-6-14(26)27)16(19)23-9-11(15)12(24)4-2-1-3-7-22-17(20)21/h9H,1-8,18H2,(H2,19,23)(H,26,27)(H4,20,21,22). The number of carboxylic acid groups (broad SMARTS) is 1. The Morgan fingerprint density at radius 2 is 1.78 bits per heavy atom. The molecule has 27 heavy (non-hydrogen) atoms. The van der Waals surface area contributed by atoms with Gasteiger partial charge in [-0.2, -0.15) is 0 Å². The van der Waals surface area contributed by atoms with E-state index in [4.69, 9.17) is 28.0 Å². The van der Waals surface area contributed by atoms with Gasteiger partial charge in [0, 0.05) is 42.3 Å². The monoisotopic (exact) mass is 378 g/mol. The number of pyridine rings is 1. The van der Waals surface area contributed by atoms with E-state index in [1.807, 2.05) is 0 Å². The third-order valence-corrected chi connectivity index (χ3v) is 3.92. The highest BCUT2D eigenvalue weighted by Gasteiger charge is 2.23. The Labute approximate surface area is 157 Å². The maximum atomic E-state index is 12.6. The normalized spacial score (nSPS) is 10.4. The Kier molecular flexibility index (Phi) is 8.86. The molecule has 10 nitrogen and oxygen atoms in total. The summed E-state index contributed by atoms with van der Waals surface area (Å²) in [6, 6.07) is 0. The third-order valence-electron chi connectivity index (χ3n) is 3.92. The molecule has 1 aromatic rings. The molecule has 0 aliphatic carbocycles. The maximum Gasteiger partial charge on any atom is 0.303 e. The number of anilines is 1. The molecule has 0 amide bonds. The van der Waals surface area contributed by atoms with Crippen molar-refractivity contribution in [1.82, 2.24) is 4.98 Å². The zero-order chi connectivity index (χ0) is 20.4. The summed E-state index contributed by atoms with van der Waals surface area (Å²) >= 11 is 0. The number of carbonyl (C=O) groups excluding carboxylic acids is 2. The second-order valence-electron chi connectivity index (χ2n) is 5.97. The molecule has 0 bridgehead atoms. The van der Waals surface area contributed by atoms with Crippen LogP contribution >= 0.6 is 0 Å². The predicted molar refractivity (Wildman–Crippen MR) is 101 cm³/mol. The molecule has 1 aromatic heterocycles. The van der Waals surface area contributed by atoms with Crippen LogP contribution in [0.2, 0.25) is 0 Å². The van der Waals surface area contributed by atoms with Crippen LogP contribution in [-0.4, -0.2) is 46.7 Å². The van der Waals surface area contributed by atoms with E-state index >= 15 is 0 Å². The number of carboxylic acids is 1. The summed E-state index contributed by atoms with van der Waals surface area (Å²) in [7, 11) is 0. The van der Waals surface area contributed by atoms with Gasteiger partial charge in [0.1, 0.15) is 5.82 Å². The van der Waals surface area contributed by atoms with Gasteiger partial charge in [0.2, 0.25) is 0 Å². The fourth-order valence-electron chi connectivity index (χ4n) is 2.60. The number of aliphatic imine (C=N–C) groups is 1. The van der Waals surface area contributed by atoms with Crippen LogP contribution < -0.4 is 22.9 Å². The molecule has 1 heterocycles. The van der Waals surface area contributed by atoms with Crippen molar-refractivity contribution in [3.63, 3.8) is 0 Å². The molecular formula is C17H26N6O4. The van der Waals surface area contributed by atoms with E-state index in [-0.39, 0.29) is 60.1 Å². The predicted octanol–water partition coefficient (Wildman–Crippen LogP) is -0.161. The van der Waals surface area contributed by atoms with Crippen molar-refractivity contribution >= 4 is 29.3 Å². The minimum atomic E-state index is -1.04. The third kappa shape index (κ3) is 7.02. The number of carbonyl (C=O) groups is 3. The van der Waals surface area contributed by atoms with Gasteiger partial charge in [0.25, 0.3) is 0 Å². The summed E-state index contributed by atoms with van der Waals surface area (Å²) in [6.07, 6.45) is 3.26. The Bertz CT molecular complexity index is 728. The molecule has 9 N–H and O–H groups in total. The zero-order valence-corrected chi connectivity index (χ0v) is 15.1. The molecule has 0 spiro atoms. The number of nitrogen functional groups attached to an aromatic ring is 1. The molecule has 10 heteroatoms. The van der Waals surface area contributed by atoms with Crippen molar-refractivity contribution in [2.24, 2.45) is 22.2 Å². The summed E-state index contributed by atoms with van der Waals surface area (Å²) in [6.45, 7) is 0.165. The molecule has 0 atom stereocenters. The molecule has 148 valence electrons. The molecule has 0 unspecified atom stereocenters. The number of Topliss-reactive ketones (excluding diaryl/α,β-unsaturated/α-hetero) is 2. The van der Waals surface area contributed by atoms with Crippen LogP contribution in [0, 0.1) is 0 Å². The SMILES string of the molecule is NCC(=O)c1c(C(=O)CCCCCN=C(N)N)cnc(N)c1CCC(=O)O. The van der Waals surface area contributed by atoms with Gasteiger partial charge in [0.05, 0.1) is 6.54 Å². The molecule has 0 aromatic carbocycles. The fraction of sp³-hybridized carbons (Fsp3) is 0.471. The van der Waals surface area contributed by atoms with E-state index in [0.29, 0.717) is 13.0 Å². The average molecular weight is 378 g/mol. The van der Waals surface area contributed by atoms with Crippen LogP contribution in [-0.2, 0) is 11.2 Å². The largest absolute Gasteiger partial charge is 0.481 e. The Morgan fingerprint density at radius 1 is 1.07 bits per heavy atom. The fourth-order valence-corrected chi connectivity index (χ4v) is 2.60. The Morgan fingerprint density at radius 3 is 2.37 bits per heavy atom. The number of aliphatic carboxylic acids is 1. The van der Waals surface area contributed by atoms with Crippen LogP contribution in [0.3, 0.4) is 0 Å². The first-order valence-electron chi connectivity index (χ1n) is 8.58. The van der Waals surface area contributed by atoms with Crippen molar-refractivity contribution < 1.29 is 19.5 Å². The van der Waals surface area contributed by atoms with Crippen LogP contribution in [0.4, 0.5) is 5.82 Å². The summed E-state index contributed by atoms with van der Waals surface area (Å²) in [5, 5.41) is 8.89. The van der Waals surface area contributed by atoms with E-state index in [1.165, 1.54) is 6.20 Å². The smallest absolute Gasteiger partial charge is 0.303 e. The van der Waals surface area contributed by atoms with Gasteiger partial charge < -0.3 is 28.0 Å². The summed E-state index contributed by atoms with van der Waals surface area (Å²) < 4.78 is 0. The molecule has 1 rings (SSSR count). The molecule has 0 saturated carbocycles. The summed E-state index contributed by atoms with van der Waals surface area (Å²) in [4.78, 5) is 43.5. The number of nitrogens with two attached hydrogens (primary N) is 4. The lowest BCUT2D eigenvalue weighted by molar-refractivity contribution is -0.136. The highest BCUT2D eigenvalue weighted by Crippen LogP contribution is 2.23. The van der Waals surface area contributed by atoms with Gasteiger partial charge >= 0.3 is 5.97 Å². The van der Waals surface area contributed by atoms with Gasteiger partial charge in [0.15, 0.2) is 17.5 Å². The van der Waals surface area contributed by atoms with E-state index in [9.17, 15) is 14.4 Å². The number of hydrogen-bond acceptors (Lipinski definition) is 7. The van der Waals surface area contributed by atoms with Gasteiger partial charge in [-0.15, -0.1) is 0 Å². The minimum Gasteiger partial charge on any atom is -0.481 e. The zero-order valence-electron chi connectivity index (χ0n) is 15.1. The van der Waals surface area contributed by atoms with Crippen molar-refractivity contribution in [3.8, 4) is 0 Å². The first-order valence-corrected chi connectivity index (χ1v) is 8.58. The lowest BCUT2D eigenvalue weighted by Gasteiger charge is -2.14. The van der Waals surface area contributed by atoms with Crippen molar-refractivity contribution in [2.45, 2.75) is 38.5 Å². The molecule has 0 fully saturated rings. The number of unbranched alkanes of at least 4 members (excludes halogenated alkanes) is 2. The number of rotatable bonds is 12. The number of nitrogens with zero attached hydrogens (tertiary/aromatic N) is 2. The molecule has 0 saturated heterocycles. The van der Waals surface area contributed by atoms with Crippen LogP contribution in [0.1, 0.15) is 58.4 Å². The van der Waals surface area contributed by atoms with Crippen LogP contribution in [0.25, 0.3) is 0 Å². The summed E-state index contributed by atoms with van der Waals surface area (Å²) in [5.74, 6) is -1.73. The first-order chi connectivity index (χ1) is 12.8. The topological polar surface area (TPSA) is 201 Å². The van der Waals surface area contributed by atoms with Gasteiger partial charge in [-0.1, -0.05) is 6.42 Å². The number of hydrogen-bond donors (Lipinski definition) is 5. The highest BCUT2D eigenvalue weighted by atomic mass is 16.4. The first kappa shape index (κ1) is 22.0. The second kappa shape index (κ2) is 10.9. The van der Waals surface area contributed by atoms with Gasteiger partial charge in [-0.05, 0) is 19.3 Å². The average Bonchev–Trinajstić information content (AvgIpc) is 2.61. The van der Waals surface area contributed by atoms with Crippen LogP contribution in [0.15, 0.2) is 11.2 Å². The van der Waals surface area contributed by atoms with Crippen molar-refractivity contribution in [3.05, 3.63) is 22.9 Å². The molecular weight excluding hydrogens is 352 g/mol. The van der Waals surface area contributed by atoms with E-state index < -0.39 is 11.8 Å². The second-order valence-corrected chi connectivity index (χ2v) is 5.97. The Balaban J connectivity index is 2.93. The summed E-state index contributed by atoms with van der Waals surface area (Å²) in [5.41, 5.74) is 22.2. The quantitative estimate of drug-likeness (QED) is 0.142. The number of ketones is 2. The van der Waals surface area contributed by atoms with E-state index in [0.717, 1.165) is 12.8 Å².